The maximum absolute atomic E-state index is 12.8. The third-order valence-corrected chi connectivity index (χ3v) is 5.23. The second kappa shape index (κ2) is 6.72. The van der Waals surface area contributed by atoms with Gasteiger partial charge in [0, 0.05) is 35.7 Å². The summed E-state index contributed by atoms with van der Waals surface area (Å²) in [7, 11) is 0. The van der Waals surface area contributed by atoms with E-state index in [-0.39, 0.29) is 22.5 Å². The van der Waals surface area contributed by atoms with Gasteiger partial charge in [-0.05, 0) is 25.5 Å². The van der Waals surface area contributed by atoms with Gasteiger partial charge in [0.25, 0.3) is 0 Å². The molecule has 2 unspecified atom stereocenters. The van der Waals surface area contributed by atoms with E-state index in [4.69, 9.17) is 4.42 Å². The van der Waals surface area contributed by atoms with Crippen LogP contribution in [0.25, 0.3) is 22.3 Å². The van der Waals surface area contributed by atoms with Crippen LogP contribution < -0.4 is 10.7 Å². The Morgan fingerprint density at radius 2 is 1.93 bits per heavy atom. The van der Waals surface area contributed by atoms with Gasteiger partial charge in [-0.3, -0.25) is 4.79 Å². The Kier molecular flexibility index (Phi) is 4.37. The van der Waals surface area contributed by atoms with E-state index in [0.717, 1.165) is 17.2 Å². The van der Waals surface area contributed by atoms with Gasteiger partial charge in [-0.15, -0.1) is 0 Å². The van der Waals surface area contributed by atoms with Crippen molar-refractivity contribution < 1.29 is 19.7 Å². The number of phenolic OH excluding ortho intramolecular Hbond substituents is 2. The standard InChI is InChI=1S/C21H21NO5/c1-11-4-2-3-5-12(11)18-9-16(25)20-15(24)8-14(23)19(21(20)27-18)13-6-7-22-10-17(13)26/h2-5,8-9,13,17,22-24,26H,6-7,10H2,1H3. The average molecular weight is 367 g/mol. The first-order valence-electron chi connectivity index (χ1n) is 8.95. The number of phenols is 2. The van der Waals surface area contributed by atoms with E-state index in [0.29, 0.717) is 30.8 Å². The summed E-state index contributed by atoms with van der Waals surface area (Å²) in [5.74, 6) is -0.555. The Morgan fingerprint density at radius 3 is 2.67 bits per heavy atom. The first-order valence-corrected chi connectivity index (χ1v) is 8.95. The van der Waals surface area contributed by atoms with Gasteiger partial charge < -0.3 is 25.1 Å². The van der Waals surface area contributed by atoms with E-state index in [2.05, 4.69) is 5.32 Å². The van der Waals surface area contributed by atoms with Crippen LogP contribution in [-0.2, 0) is 0 Å². The summed E-state index contributed by atoms with van der Waals surface area (Å²) in [6.07, 6.45) is -0.155. The molecule has 1 saturated heterocycles. The van der Waals surface area contributed by atoms with Gasteiger partial charge in [0.1, 0.15) is 28.2 Å². The zero-order valence-corrected chi connectivity index (χ0v) is 14.9. The van der Waals surface area contributed by atoms with Crippen LogP contribution in [0.4, 0.5) is 0 Å². The lowest BCUT2D eigenvalue weighted by atomic mass is 9.86. The largest absolute Gasteiger partial charge is 0.507 e. The zero-order chi connectivity index (χ0) is 19.1. The van der Waals surface area contributed by atoms with Crippen molar-refractivity contribution >= 4 is 11.0 Å². The second-order valence-corrected chi connectivity index (χ2v) is 6.99. The van der Waals surface area contributed by atoms with Crippen molar-refractivity contribution in [1.29, 1.82) is 0 Å². The van der Waals surface area contributed by atoms with E-state index in [1.54, 1.807) is 0 Å². The summed E-state index contributed by atoms with van der Waals surface area (Å²) in [6, 6.07) is 10.0. The van der Waals surface area contributed by atoms with Crippen LogP contribution in [0.2, 0.25) is 0 Å². The number of aromatic hydroxyl groups is 2. The molecule has 1 aromatic heterocycles. The number of aliphatic hydroxyl groups is 1. The van der Waals surface area contributed by atoms with Crippen LogP contribution in [0, 0.1) is 6.92 Å². The number of piperidine rings is 1. The number of β-amino-alcohol motifs (C(OH)–C–C–N with tert-alkyl or cyclic N) is 1. The normalized spacial score (nSPS) is 20.1. The van der Waals surface area contributed by atoms with Gasteiger partial charge in [0.05, 0.1) is 6.10 Å². The van der Waals surface area contributed by atoms with Crippen LogP contribution in [0.1, 0.15) is 23.5 Å². The minimum atomic E-state index is -0.732. The molecule has 2 aromatic carbocycles. The molecule has 140 valence electrons. The molecule has 4 rings (SSSR count). The Hall–Kier alpha value is -2.83. The van der Waals surface area contributed by atoms with Crippen LogP contribution >= 0.6 is 0 Å². The summed E-state index contributed by atoms with van der Waals surface area (Å²) in [4.78, 5) is 12.8. The Morgan fingerprint density at radius 1 is 1.15 bits per heavy atom. The molecule has 27 heavy (non-hydrogen) atoms. The number of benzene rings is 2. The summed E-state index contributed by atoms with van der Waals surface area (Å²) in [5, 5.41) is 34.3. The topological polar surface area (TPSA) is 103 Å². The van der Waals surface area contributed by atoms with Crippen LogP contribution in [-0.4, -0.2) is 34.5 Å². The third-order valence-electron chi connectivity index (χ3n) is 5.23. The molecule has 0 bridgehead atoms. The molecule has 3 aromatic rings. The first-order chi connectivity index (χ1) is 13.0. The predicted molar refractivity (Wildman–Crippen MR) is 102 cm³/mol. The molecule has 0 radical (unpaired) electrons. The zero-order valence-electron chi connectivity index (χ0n) is 14.9. The molecule has 4 N–H and O–H groups in total. The smallest absolute Gasteiger partial charge is 0.197 e. The minimum Gasteiger partial charge on any atom is -0.507 e. The van der Waals surface area contributed by atoms with E-state index < -0.39 is 17.5 Å². The Bertz CT molecular complexity index is 1070. The molecule has 6 heteroatoms. The fourth-order valence-corrected chi connectivity index (χ4v) is 3.84. The van der Waals surface area contributed by atoms with Gasteiger partial charge >= 0.3 is 0 Å². The summed E-state index contributed by atoms with van der Waals surface area (Å²) < 4.78 is 6.05. The highest BCUT2D eigenvalue weighted by Crippen LogP contribution is 2.42. The van der Waals surface area contributed by atoms with Gasteiger partial charge in [-0.25, -0.2) is 0 Å². The second-order valence-electron chi connectivity index (χ2n) is 6.99. The number of fused-ring (bicyclic) bond motifs is 1. The van der Waals surface area contributed by atoms with Gasteiger partial charge in [0.2, 0.25) is 0 Å². The lowest BCUT2D eigenvalue weighted by Gasteiger charge is -2.29. The van der Waals surface area contributed by atoms with Gasteiger partial charge in [0.15, 0.2) is 5.43 Å². The highest BCUT2D eigenvalue weighted by molar-refractivity contribution is 5.89. The highest BCUT2D eigenvalue weighted by atomic mass is 16.3. The summed E-state index contributed by atoms with van der Waals surface area (Å²) in [5.41, 5.74) is 1.80. The van der Waals surface area contributed by atoms with Crippen molar-refractivity contribution in [1.82, 2.24) is 5.32 Å². The molecule has 2 atom stereocenters. The number of aliphatic hydroxyl groups excluding tert-OH is 1. The van der Waals surface area contributed by atoms with E-state index in [1.165, 1.54) is 6.07 Å². The predicted octanol–water partition coefficient (Wildman–Crippen LogP) is 2.62. The monoisotopic (exact) mass is 367 g/mol. The number of aryl methyl sites for hydroxylation is 1. The molecular formula is C21H21NO5. The third kappa shape index (κ3) is 2.97. The van der Waals surface area contributed by atoms with E-state index in [1.807, 2.05) is 31.2 Å². The summed E-state index contributed by atoms with van der Waals surface area (Å²) in [6.45, 7) is 2.97. The minimum absolute atomic E-state index is 0.0193. The maximum Gasteiger partial charge on any atom is 0.197 e. The molecular weight excluding hydrogens is 346 g/mol. The molecule has 0 spiro atoms. The number of hydrogen-bond acceptors (Lipinski definition) is 6. The Labute approximate surface area is 155 Å². The Balaban J connectivity index is 2.03. The number of hydrogen-bond donors (Lipinski definition) is 4. The quantitative estimate of drug-likeness (QED) is 0.555. The molecule has 0 saturated carbocycles. The van der Waals surface area contributed by atoms with Gasteiger partial charge in [-0.1, -0.05) is 24.3 Å². The van der Waals surface area contributed by atoms with Crippen LogP contribution in [0.3, 0.4) is 0 Å². The van der Waals surface area contributed by atoms with E-state index in [9.17, 15) is 20.1 Å². The molecule has 2 heterocycles. The van der Waals surface area contributed by atoms with Crippen molar-refractivity contribution in [2.45, 2.75) is 25.4 Å². The fraction of sp³-hybridized carbons (Fsp3) is 0.286. The molecule has 6 nitrogen and oxygen atoms in total. The van der Waals surface area contributed by atoms with Crippen molar-refractivity contribution in [2.24, 2.45) is 0 Å². The van der Waals surface area contributed by atoms with Crippen LogP contribution in [0.5, 0.6) is 11.5 Å². The maximum atomic E-state index is 12.8. The lowest BCUT2D eigenvalue weighted by molar-refractivity contribution is 0.117. The van der Waals surface area contributed by atoms with Crippen molar-refractivity contribution in [3.05, 3.63) is 57.7 Å². The van der Waals surface area contributed by atoms with Gasteiger partial charge in [-0.2, -0.15) is 0 Å². The number of rotatable bonds is 2. The summed E-state index contributed by atoms with van der Waals surface area (Å²) >= 11 is 0. The molecule has 1 fully saturated rings. The molecule has 1 aliphatic heterocycles. The molecule has 0 amide bonds. The van der Waals surface area contributed by atoms with Crippen LogP contribution in [0.15, 0.2) is 45.6 Å². The van der Waals surface area contributed by atoms with E-state index >= 15 is 0 Å². The molecule has 0 aliphatic carbocycles. The van der Waals surface area contributed by atoms with Crippen molar-refractivity contribution in [3.63, 3.8) is 0 Å². The van der Waals surface area contributed by atoms with Crippen molar-refractivity contribution in [3.8, 4) is 22.8 Å². The fourth-order valence-electron chi connectivity index (χ4n) is 3.84. The highest BCUT2D eigenvalue weighted by Gasteiger charge is 2.31. The lowest BCUT2D eigenvalue weighted by Crippen LogP contribution is -2.39. The SMILES string of the molecule is Cc1ccccc1-c1cc(=O)c2c(O)cc(O)c(C3CCNCC3O)c2o1. The van der Waals surface area contributed by atoms with Crippen molar-refractivity contribution in [2.75, 3.05) is 13.1 Å². The first kappa shape index (κ1) is 17.6. The average Bonchev–Trinajstić information content (AvgIpc) is 2.63. The number of nitrogens with one attached hydrogen (secondary N) is 1. The molecule has 1 aliphatic rings.